The average Bonchev–Trinajstić information content (AvgIpc) is 2.61. The van der Waals surface area contributed by atoms with Crippen molar-refractivity contribution in [3.8, 4) is 0 Å². The van der Waals surface area contributed by atoms with Crippen LogP contribution in [-0.2, 0) is 5.54 Å². The summed E-state index contributed by atoms with van der Waals surface area (Å²) in [5, 5.41) is 4.09. The van der Waals surface area contributed by atoms with Crippen molar-refractivity contribution in [2.45, 2.75) is 25.3 Å². The maximum absolute atomic E-state index is 10.7. The number of hydrogen-bond acceptors (Lipinski definition) is 2. The van der Waals surface area contributed by atoms with E-state index in [-0.39, 0.29) is 5.54 Å². The third kappa shape index (κ3) is 0.995. The molecule has 64 valence electrons. The number of rotatable bonds is 2. The van der Waals surface area contributed by atoms with Crippen molar-refractivity contribution in [1.29, 1.82) is 0 Å². The molecule has 2 rings (SSSR count). The smallest absolute Gasteiger partial charge is 0.251 e. The number of primary amides is 1. The summed E-state index contributed by atoms with van der Waals surface area (Å²) in [6.45, 7) is 2.12. The van der Waals surface area contributed by atoms with Crippen molar-refractivity contribution >= 4 is 5.91 Å². The lowest BCUT2D eigenvalue weighted by atomic mass is 10.3. The number of carbonyl (C=O) groups is 1. The standard InChI is InChI=1S/C8H11N3O/c1-8(2-3-8)11-5-6(4-10-11)7(9)12/h4-5H,2-3H2,1H3,(H2,9,12). The summed E-state index contributed by atoms with van der Waals surface area (Å²) >= 11 is 0. The minimum Gasteiger partial charge on any atom is -0.366 e. The molecule has 0 saturated heterocycles. The first-order valence-corrected chi connectivity index (χ1v) is 3.97. The summed E-state index contributed by atoms with van der Waals surface area (Å²) in [4.78, 5) is 10.7. The van der Waals surface area contributed by atoms with E-state index in [4.69, 9.17) is 5.73 Å². The van der Waals surface area contributed by atoms with Crippen molar-refractivity contribution in [1.82, 2.24) is 9.78 Å². The lowest BCUT2D eigenvalue weighted by Gasteiger charge is -2.06. The molecule has 0 bridgehead atoms. The molecule has 4 nitrogen and oxygen atoms in total. The molecule has 0 radical (unpaired) electrons. The molecule has 0 spiro atoms. The summed E-state index contributed by atoms with van der Waals surface area (Å²) in [7, 11) is 0. The molecule has 1 saturated carbocycles. The summed E-state index contributed by atoms with van der Waals surface area (Å²) in [5.41, 5.74) is 5.73. The zero-order chi connectivity index (χ0) is 8.77. The van der Waals surface area contributed by atoms with Gasteiger partial charge >= 0.3 is 0 Å². The average molecular weight is 165 g/mol. The fourth-order valence-electron chi connectivity index (χ4n) is 1.16. The van der Waals surface area contributed by atoms with Gasteiger partial charge in [0.05, 0.1) is 17.3 Å². The predicted octanol–water partition coefficient (Wildman–Crippen LogP) is 0.491. The van der Waals surface area contributed by atoms with Gasteiger partial charge in [0.2, 0.25) is 0 Å². The highest BCUT2D eigenvalue weighted by Crippen LogP contribution is 2.42. The Labute approximate surface area is 70.4 Å². The Morgan fingerprint density at radius 3 is 2.83 bits per heavy atom. The fourth-order valence-corrected chi connectivity index (χ4v) is 1.16. The van der Waals surface area contributed by atoms with Gasteiger partial charge in [-0.2, -0.15) is 5.10 Å². The molecule has 1 aromatic rings. The molecule has 0 atom stereocenters. The molecule has 0 aromatic carbocycles. The van der Waals surface area contributed by atoms with Crippen molar-refractivity contribution < 1.29 is 4.79 Å². The molecule has 2 N–H and O–H groups in total. The van der Waals surface area contributed by atoms with Crippen molar-refractivity contribution in [3.63, 3.8) is 0 Å². The number of nitrogens with zero attached hydrogens (tertiary/aromatic N) is 2. The van der Waals surface area contributed by atoms with Crippen LogP contribution in [0.2, 0.25) is 0 Å². The second-order valence-corrected chi connectivity index (χ2v) is 3.53. The molecule has 0 unspecified atom stereocenters. The second kappa shape index (κ2) is 2.09. The summed E-state index contributed by atoms with van der Waals surface area (Å²) < 4.78 is 1.83. The Morgan fingerprint density at radius 1 is 1.75 bits per heavy atom. The van der Waals surface area contributed by atoms with Crippen LogP contribution in [0.4, 0.5) is 0 Å². The van der Waals surface area contributed by atoms with Crippen LogP contribution in [0.15, 0.2) is 12.4 Å². The van der Waals surface area contributed by atoms with Crippen LogP contribution in [0.25, 0.3) is 0 Å². The summed E-state index contributed by atoms with van der Waals surface area (Å²) in [6.07, 6.45) is 5.50. The van der Waals surface area contributed by atoms with E-state index in [2.05, 4.69) is 12.0 Å². The first kappa shape index (κ1) is 7.34. The topological polar surface area (TPSA) is 60.9 Å². The SMILES string of the molecule is CC1(n2cc(C(N)=O)cn2)CC1. The highest BCUT2D eigenvalue weighted by molar-refractivity contribution is 5.92. The molecule has 1 heterocycles. The normalized spacial score (nSPS) is 19.1. The van der Waals surface area contributed by atoms with Gasteiger partial charge in [-0.15, -0.1) is 0 Å². The van der Waals surface area contributed by atoms with Gasteiger partial charge < -0.3 is 5.73 Å². The van der Waals surface area contributed by atoms with E-state index in [0.717, 1.165) is 12.8 Å². The number of hydrogen-bond donors (Lipinski definition) is 1. The van der Waals surface area contributed by atoms with Crippen LogP contribution in [0.1, 0.15) is 30.1 Å². The largest absolute Gasteiger partial charge is 0.366 e. The number of aromatic nitrogens is 2. The molecule has 4 heteroatoms. The Kier molecular flexibility index (Phi) is 1.28. The van der Waals surface area contributed by atoms with Gasteiger partial charge in [0, 0.05) is 6.20 Å². The predicted molar refractivity (Wildman–Crippen MR) is 43.6 cm³/mol. The van der Waals surface area contributed by atoms with Gasteiger partial charge in [-0.3, -0.25) is 9.48 Å². The maximum Gasteiger partial charge on any atom is 0.251 e. The van der Waals surface area contributed by atoms with Crippen LogP contribution < -0.4 is 5.73 Å². The lowest BCUT2D eigenvalue weighted by Crippen LogP contribution is -2.13. The number of amides is 1. The van der Waals surface area contributed by atoms with Crippen molar-refractivity contribution in [2.75, 3.05) is 0 Å². The molecule has 1 fully saturated rings. The van der Waals surface area contributed by atoms with E-state index in [1.807, 2.05) is 4.68 Å². The Morgan fingerprint density at radius 2 is 2.42 bits per heavy atom. The van der Waals surface area contributed by atoms with E-state index in [0.29, 0.717) is 5.56 Å². The van der Waals surface area contributed by atoms with Crippen LogP contribution in [0, 0.1) is 0 Å². The molecule has 1 aliphatic carbocycles. The quantitative estimate of drug-likeness (QED) is 0.693. The van der Waals surface area contributed by atoms with Crippen LogP contribution in [0.5, 0.6) is 0 Å². The van der Waals surface area contributed by atoms with E-state index in [1.54, 1.807) is 6.20 Å². The van der Waals surface area contributed by atoms with Gasteiger partial charge in [0.15, 0.2) is 0 Å². The fraction of sp³-hybridized carbons (Fsp3) is 0.500. The highest BCUT2D eigenvalue weighted by Gasteiger charge is 2.40. The maximum atomic E-state index is 10.7. The van der Waals surface area contributed by atoms with Gasteiger partial charge in [-0.25, -0.2) is 0 Å². The summed E-state index contributed by atoms with van der Waals surface area (Å²) in [6, 6.07) is 0. The highest BCUT2D eigenvalue weighted by atomic mass is 16.1. The van der Waals surface area contributed by atoms with Gasteiger partial charge in [-0.05, 0) is 19.8 Å². The van der Waals surface area contributed by atoms with Crippen LogP contribution in [-0.4, -0.2) is 15.7 Å². The third-order valence-corrected chi connectivity index (χ3v) is 2.39. The van der Waals surface area contributed by atoms with E-state index < -0.39 is 5.91 Å². The molecule has 12 heavy (non-hydrogen) atoms. The minimum atomic E-state index is -0.412. The zero-order valence-electron chi connectivity index (χ0n) is 6.95. The third-order valence-electron chi connectivity index (χ3n) is 2.39. The second-order valence-electron chi connectivity index (χ2n) is 3.53. The van der Waals surface area contributed by atoms with E-state index in [1.165, 1.54) is 6.20 Å². The van der Waals surface area contributed by atoms with E-state index >= 15 is 0 Å². The summed E-state index contributed by atoms with van der Waals surface area (Å²) in [5.74, 6) is -0.412. The van der Waals surface area contributed by atoms with Gasteiger partial charge in [0.25, 0.3) is 5.91 Å². The Bertz CT molecular complexity index is 325. The van der Waals surface area contributed by atoms with Crippen molar-refractivity contribution in [2.24, 2.45) is 5.73 Å². The molecular weight excluding hydrogens is 154 g/mol. The number of carbonyl (C=O) groups excluding carboxylic acids is 1. The molecule has 0 aliphatic heterocycles. The zero-order valence-corrected chi connectivity index (χ0v) is 6.95. The Hall–Kier alpha value is -1.32. The first-order chi connectivity index (χ1) is 5.62. The van der Waals surface area contributed by atoms with Gasteiger partial charge in [0.1, 0.15) is 0 Å². The van der Waals surface area contributed by atoms with Crippen LogP contribution in [0.3, 0.4) is 0 Å². The van der Waals surface area contributed by atoms with Crippen LogP contribution >= 0.6 is 0 Å². The molecular formula is C8H11N3O. The van der Waals surface area contributed by atoms with Crippen molar-refractivity contribution in [3.05, 3.63) is 18.0 Å². The van der Waals surface area contributed by atoms with Gasteiger partial charge in [-0.1, -0.05) is 0 Å². The molecule has 1 amide bonds. The first-order valence-electron chi connectivity index (χ1n) is 3.97. The number of nitrogens with two attached hydrogens (primary N) is 1. The van der Waals surface area contributed by atoms with E-state index in [9.17, 15) is 4.79 Å². The monoisotopic (exact) mass is 165 g/mol. The minimum absolute atomic E-state index is 0.147. The lowest BCUT2D eigenvalue weighted by molar-refractivity contribution is 0.1000. The Balaban J connectivity index is 2.30. The molecule has 1 aromatic heterocycles. The molecule has 1 aliphatic rings.